The second-order valence-corrected chi connectivity index (χ2v) is 4.58. The van der Waals surface area contributed by atoms with Gasteiger partial charge >= 0.3 is 5.97 Å². The van der Waals surface area contributed by atoms with Crippen LogP contribution in [-0.4, -0.2) is 20.5 Å². The third kappa shape index (κ3) is 2.24. The van der Waals surface area contributed by atoms with Crippen molar-refractivity contribution in [3.63, 3.8) is 0 Å². The van der Waals surface area contributed by atoms with Gasteiger partial charge in [0.2, 0.25) is 0 Å². The minimum absolute atomic E-state index is 0.112. The second kappa shape index (κ2) is 4.25. The van der Waals surface area contributed by atoms with Crippen molar-refractivity contribution in [2.24, 2.45) is 0 Å². The maximum atomic E-state index is 10.5. The average Bonchev–Trinajstić information content (AvgIpc) is 2.57. The number of carboxylic acids is 1. The average molecular weight is 283 g/mol. The minimum Gasteiger partial charge on any atom is -0.481 e. The van der Waals surface area contributed by atoms with Crippen molar-refractivity contribution in [3.05, 3.63) is 34.2 Å². The van der Waals surface area contributed by atoms with Crippen molar-refractivity contribution in [1.29, 1.82) is 0 Å². The van der Waals surface area contributed by atoms with Crippen LogP contribution in [0.1, 0.15) is 17.7 Å². The molecule has 0 unspecified atom stereocenters. The summed E-state index contributed by atoms with van der Waals surface area (Å²) in [6.45, 7) is 2.00. The summed E-state index contributed by atoms with van der Waals surface area (Å²) >= 11 is 3.44. The van der Waals surface area contributed by atoms with Gasteiger partial charge in [-0.3, -0.25) is 4.79 Å². The first kappa shape index (κ1) is 11.1. The molecule has 0 amide bonds. The Balaban J connectivity index is 2.36. The van der Waals surface area contributed by atoms with E-state index in [0.717, 1.165) is 21.4 Å². The molecule has 0 spiro atoms. The Bertz CT molecular complexity index is 548. The molecule has 0 aliphatic rings. The molecule has 0 bridgehead atoms. The molecule has 1 N–H and O–H groups in total. The number of aromatic nitrogens is 2. The van der Waals surface area contributed by atoms with Crippen molar-refractivity contribution < 1.29 is 9.90 Å². The number of nitrogens with zero attached hydrogens (tertiary/aromatic N) is 2. The molecule has 84 valence electrons. The molecule has 0 atom stereocenters. The van der Waals surface area contributed by atoms with E-state index in [-0.39, 0.29) is 6.42 Å². The van der Waals surface area contributed by atoms with Gasteiger partial charge in [0.25, 0.3) is 0 Å². The van der Waals surface area contributed by atoms with Crippen molar-refractivity contribution >= 4 is 27.5 Å². The number of rotatable bonds is 3. The number of carbonyl (C=O) groups is 1. The van der Waals surface area contributed by atoms with Crippen LogP contribution in [0, 0.1) is 6.92 Å². The molecule has 0 fully saturated rings. The van der Waals surface area contributed by atoms with Crippen LogP contribution < -0.4 is 0 Å². The molecule has 2 aromatic heterocycles. The summed E-state index contributed by atoms with van der Waals surface area (Å²) < 4.78 is 2.84. The van der Waals surface area contributed by atoms with E-state index in [1.165, 1.54) is 0 Å². The molecule has 0 aromatic carbocycles. The van der Waals surface area contributed by atoms with E-state index in [9.17, 15) is 4.79 Å². The highest BCUT2D eigenvalue weighted by Crippen LogP contribution is 2.19. The van der Waals surface area contributed by atoms with Gasteiger partial charge in [-0.25, -0.2) is 4.98 Å². The SMILES string of the molecule is Cc1cc(Br)c2nc(CCC(=O)O)cn2c1. The standard InChI is InChI=1S/C11H11BrN2O2/c1-7-4-9(12)11-13-8(2-3-10(15)16)6-14(11)5-7/h4-6H,2-3H2,1H3,(H,15,16). The summed E-state index contributed by atoms with van der Waals surface area (Å²) in [5.74, 6) is -0.799. The van der Waals surface area contributed by atoms with Crippen LogP contribution in [0.15, 0.2) is 22.9 Å². The Morgan fingerprint density at radius 3 is 3.00 bits per heavy atom. The zero-order valence-electron chi connectivity index (χ0n) is 8.77. The Labute approximate surface area is 101 Å². The normalized spacial score (nSPS) is 10.9. The lowest BCUT2D eigenvalue weighted by atomic mass is 10.2. The number of hydrogen-bond donors (Lipinski definition) is 1. The van der Waals surface area contributed by atoms with E-state index < -0.39 is 5.97 Å². The second-order valence-electron chi connectivity index (χ2n) is 3.72. The largest absolute Gasteiger partial charge is 0.481 e. The number of imidazole rings is 1. The van der Waals surface area contributed by atoms with E-state index in [2.05, 4.69) is 20.9 Å². The molecule has 2 aromatic rings. The summed E-state index contributed by atoms with van der Waals surface area (Å²) in [7, 11) is 0. The summed E-state index contributed by atoms with van der Waals surface area (Å²) in [5, 5.41) is 8.60. The van der Waals surface area contributed by atoms with E-state index in [4.69, 9.17) is 5.11 Å². The number of fused-ring (bicyclic) bond motifs is 1. The molecule has 0 aliphatic heterocycles. The lowest BCUT2D eigenvalue weighted by Crippen LogP contribution is -1.97. The summed E-state index contributed by atoms with van der Waals surface area (Å²) in [6, 6.07) is 1.99. The van der Waals surface area contributed by atoms with Gasteiger partial charge < -0.3 is 9.51 Å². The number of hydrogen-bond acceptors (Lipinski definition) is 2. The summed E-state index contributed by atoms with van der Waals surface area (Å²) in [4.78, 5) is 14.8. The predicted molar refractivity (Wildman–Crippen MR) is 63.6 cm³/mol. The van der Waals surface area contributed by atoms with Crippen LogP contribution in [0.5, 0.6) is 0 Å². The van der Waals surface area contributed by atoms with Gasteiger partial charge in [-0.2, -0.15) is 0 Å². The molecular formula is C11H11BrN2O2. The van der Waals surface area contributed by atoms with Crippen LogP contribution >= 0.6 is 15.9 Å². The molecule has 0 saturated heterocycles. The lowest BCUT2D eigenvalue weighted by molar-refractivity contribution is -0.136. The van der Waals surface area contributed by atoms with Gasteiger partial charge in [-0.15, -0.1) is 0 Å². The molecule has 0 saturated carbocycles. The van der Waals surface area contributed by atoms with Crippen LogP contribution in [0.4, 0.5) is 0 Å². The minimum atomic E-state index is -0.799. The third-order valence-electron chi connectivity index (χ3n) is 2.29. The van der Waals surface area contributed by atoms with Gasteiger partial charge in [-0.1, -0.05) is 0 Å². The first-order valence-corrected chi connectivity index (χ1v) is 5.71. The van der Waals surface area contributed by atoms with Gasteiger partial charge in [0.05, 0.1) is 16.6 Å². The Hall–Kier alpha value is -1.36. The van der Waals surface area contributed by atoms with Gasteiger partial charge in [0, 0.05) is 18.8 Å². The van der Waals surface area contributed by atoms with Crippen molar-refractivity contribution in [2.45, 2.75) is 19.8 Å². The summed E-state index contributed by atoms with van der Waals surface area (Å²) in [5.41, 5.74) is 2.75. The first-order chi connectivity index (χ1) is 7.56. The van der Waals surface area contributed by atoms with Crippen molar-refractivity contribution in [2.75, 3.05) is 0 Å². The Kier molecular flexibility index (Phi) is 2.96. The lowest BCUT2D eigenvalue weighted by Gasteiger charge is -1.97. The fourth-order valence-electron chi connectivity index (χ4n) is 1.60. The first-order valence-electron chi connectivity index (χ1n) is 4.92. The number of aliphatic carboxylic acids is 1. The molecule has 16 heavy (non-hydrogen) atoms. The smallest absolute Gasteiger partial charge is 0.303 e. The number of pyridine rings is 1. The van der Waals surface area contributed by atoms with E-state index >= 15 is 0 Å². The highest BCUT2D eigenvalue weighted by atomic mass is 79.9. The zero-order valence-corrected chi connectivity index (χ0v) is 10.4. The maximum Gasteiger partial charge on any atom is 0.303 e. The van der Waals surface area contributed by atoms with Gasteiger partial charge in [0.1, 0.15) is 0 Å². The van der Waals surface area contributed by atoms with Crippen LogP contribution in [-0.2, 0) is 11.2 Å². The monoisotopic (exact) mass is 282 g/mol. The molecule has 2 heterocycles. The van der Waals surface area contributed by atoms with Gasteiger partial charge in [-0.05, 0) is 34.5 Å². The Morgan fingerprint density at radius 1 is 1.56 bits per heavy atom. The third-order valence-corrected chi connectivity index (χ3v) is 2.87. The fraction of sp³-hybridized carbons (Fsp3) is 0.273. The Morgan fingerprint density at radius 2 is 2.31 bits per heavy atom. The number of halogens is 1. The van der Waals surface area contributed by atoms with Gasteiger partial charge in [0.15, 0.2) is 5.65 Å². The quantitative estimate of drug-likeness (QED) is 0.941. The van der Waals surface area contributed by atoms with Crippen LogP contribution in [0.25, 0.3) is 5.65 Å². The zero-order chi connectivity index (χ0) is 11.7. The fourth-order valence-corrected chi connectivity index (χ4v) is 2.25. The number of aryl methyl sites for hydroxylation is 2. The summed E-state index contributed by atoms with van der Waals surface area (Å²) in [6.07, 6.45) is 4.41. The van der Waals surface area contributed by atoms with Crippen molar-refractivity contribution in [1.82, 2.24) is 9.38 Å². The maximum absolute atomic E-state index is 10.5. The van der Waals surface area contributed by atoms with E-state index in [0.29, 0.717) is 6.42 Å². The van der Waals surface area contributed by atoms with Crippen LogP contribution in [0.2, 0.25) is 0 Å². The van der Waals surface area contributed by atoms with Crippen LogP contribution in [0.3, 0.4) is 0 Å². The van der Waals surface area contributed by atoms with E-state index in [1.807, 2.05) is 29.8 Å². The molecule has 0 aliphatic carbocycles. The molecular weight excluding hydrogens is 272 g/mol. The molecule has 5 heteroatoms. The molecule has 2 rings (SSSR count). The van der Waals surface area contributed by atoms with Crippen molar-refractivity contribution in [3.8, 4) is 0 Å². The highest BCUT2D eigenvalue weighted by molar-refractivity contribution is 9.10. The van der Waals surface area contributed by atoms with E-state index in [1.54, 1.807) is 0 Å². The molecule has 0 radical (unpaired) electrons. The predicted octanol–water partition coefficient (Wildman–Crippen LogP) is 2.42. The topological polar surface area (TPSA) is 54.6 Å². The molecule has 4 nitrogen and oxygen atoms in total. The highest BCUT2D eigenvalue weighted by Gasteiger charge is 2.07. The number of carboxylic acid groups (broad SMARTS) is 1.